The van der Waals surface area contributed by atoms with E-state index < -0.39 is 0 Å². The highest BCUT2D eigenvalue weighted by molar-refractivity contribution is 7.15. The molecule has 0 fully saturated rings. The average molecular weight is 297 g/mol. The van der Waals surface area contributed by atoms with E-state index in [1.165, 1.54) is 28.1 Å². The quantitative estimate of drug-likeness (QED) is 0.748. The molecule has 2 N–H and O–H groups in total. The van der Waals surface area contributed by atoms with Crippen molar-refractivity contribution in [3.8, 4) is 10.4 Å². The number of halogens is 1. The average Bonchev–Trinajstić information content (AvgIpc) is 2.97. The normalized spacial score (nSPS) is 10.8. The number of rotatable bonds is 4. The van der Waals surface area contributed by atoms with Gasteiger partial charge in [-0.25, -0.2) is 4.39 Å². The summed E-state index contributed by atoms with van der Waals surface area (Å²) in [6, 6.07) is 19.1. The van der Waals surface area contributed by atoms with Crippen LogP contribution in [0.1, 0.15) is 16.0 Å². The largest absolute Gasteiger partial charge is 0.326 e. The van der Waals surface area contributed by atoms with Crippen LogP contribution in [0.15, 0.2) is 60.7 Å². The van der Waals surface area contributed by atoms with Crippen LogP contribution < -0.4 is 5.73 Å². The van der Waals surface area contributed by atoms with Crippen molar-refractivity contribution in [2.45, 2.75) is 13.0 Å². The molecule has 0 saturated carbocycles. The molecular weight excluding hydrogens is 281 g/mol. The monoisotopic (exact) mass is 297 g/mol. The summed E-state index contributed by atoms with van der Waals surface area (Å²) in [5.74, 6) is -0.201. The summed E-state index contributed by atoms with van der Waals surface area (Å²) in [6.07, 6.45) is 0.888. The molecule has 2 aromatic carbocycles. The lowest BCUT2D eigenvalue weighted by molar-refractivity contribution is 0.628. The Bertz CT molecular complexity index is 731. The highest BCUT2D eigenvalue weighted by Gasteiger charge is 2.06. The van der Waals surface area contributed by atoms with Gasteiger partial charge in [-0.1, -0.05) is 36.4 Å². The molecule has 106 valence electrons. The Labute approximate surface area is 127 Å². The molecule has 0 unspecified atom stereocenters. The van der Waals surface area contributed by atoms with Gasteiger partial charge in [-0.2, -0.15) is 0 Å². The van der Waals surface area contributed by atoms with Gasteiger partial charge in [-0.05, 0) is 41.0 Å². The van der Waals surface area contributed by atoms with Gasteiger partial charge >= 0.3 is 0 Å². The molecule has 1 nitrogen and oxygen atoms in total. The molecule has 21 heavy (non-hydrogen) atoms. The summed E-state index contributed by atoms with van der Waals surface area (Å²) in [6.45, 7) is 0.562. The van der Waals surface area contributed by atoms with Crippen LogP contribution in [0.5, 0.6) is 0 Å². The van der Waals surface area contributed by atoms with E-state index in [2.05, 4.69) is 24.3 Å². The second-order valence-electron chi connectivity index (χ2n) is 4.92. The minimum absolute atomic E-state index is 0.201. The van der Waals surface area contributed by atoms with Crippen molar-refractivity contribution < 1.29 is 4.39 Å². The van der Waals surface area contributed by atoms with E-state index in [1.54, 1.807) is 11.3 Å². The summed E-state index contributed by atoms with van der Waals surface area (Å²) in [5.41, 5.74) is 9.30. The van der Waals surface area contributed by atoms with Crippen molar-refractivity contribution >= 4 is 11.3 Å². The summed E-state index contributed by atoms with van der Waals surface area (Å²) in [7, 11) is 0. The Morgan fingerprint density at radius 1 is 0.857 bits per heavy atom. The lowest BCUT2D eigenvalue weighted by atomic mass is 10.0. The lowest BCUT2D eigenvalue weighted by Crippen LogP contribution is -2.01. The molecule has 3 rings (SSSR count). The molecule has 0 spiro atoms. The zero-order valence-electron chi connectivity index (χ0n) is 11.6. The van der Waals surface area contributed by atoms with E-state index in [0.717, 1.165) is 16.9 Å². The molecule has 3 heteroatoms. The SMILES string of the molecule is NCc1ccccc1Cc1ccc(-c2ccc(F)cc2)s1. The Kier molecular flexibility index (Phi) is 4.13. The van der Waals surface area contributed by atoms with Crippen molar-refractivity contribution in [1.82, 2.24) is 0 Å². The topological polar surface area (TPSA) is 26.0 Å². The number of thiophene rings is 1. The van der Waals surface area contributed by atoms with E-state index in [-0.39, 0.29) is 5.82 Å². The third-order valence-electron chi connectivity index (χ3n) is 3.49. The van der Waals surface area contributed by atoms with Crippen LogP contribution in [0.2, 0.25) is 0 Å². The van der Waals surface area contributed by atoms with E-state index in [4.69, 9.17) is 5.73 Å². The number of hydrogen-bond acceptors (Lipinski definition) is 2. The Morgan fingerprint density at radius 3 is 2.29 bits per heavy atom. The van der Waals surface area contributed by atoms with Gasteiger partial charge in [0.05, 0.1) is 0 Å². The van der Waals surface area contributed by atoms with E-state index in [9.17, 15) is 4.39 Å². The van der Waals surface area contributed by atoms with Crippen molar-refractivity contribution in [2.75, 3.05) is 0 Å². The van der Waals surface area contributed by atoms with Gasteiger partial charge in [0.25, 0.3) is 0 Å². The smallest absolute Gasteiger partial charge is 0.123 e. The third kappa shape index (κ3) is 3.20. The van der Waals surface area contributed by atoms with E-state index in [0.29, 0.717) is 6.54 Å². The van der Waals surface area contributed by atoms with Gasteiger partial charge in [0, 0.05) is 22.7 Å². The minimum atomic E-state index is -0.201. The first-order valence-electron chi connectivity index (χ1n) is 6.88. The van der Waals surface area contributed by atoms with Gasteiger partial charge in [0.15, 0.2) is 0 Å². The van der Waals surface area contributed by atoms with Gasteiger partial charge in [-0.3, -0.25) is 0 Å². The molecule has 0 atom stereocenters. The highest BCUT2D eigenvalue weighted by Crippen LogP contribution is 2.30. The number of nitrogens with two attached hydrogens (primary N) is 1. The maximum Gasteiger partial charge on any atom is 0.123 e. The first kappa shape index (κ1) is 14.0. The molecule has 1 aromatic heterocycles. The molecular formula is C18H16FNS. The molecule has 0 saturated heterocycles. The third-order valence-corrected chi connectivity index (χ3v) is 4.63. The first-order chi connectivity index (χ1) is 10.3. The fourth-order valence-electron chi connectivity index (χ4n) is 2.36. The number of benzene rings is 2. The van der Waals surface area contributed by atoms with E-state index in [1.807, 2.05) is 24.3 Å². The Balaban J connectivity index is 1.83. The molecule has 0 amide bonds. The maximum atomic E-state index is 13.0. The van der Waals surface area contributed by atoms with Crippen LogP contribution >= 0.6 is 11.3 Å². The number of hydrogen-bond donors (Lipinski definition) is 1. The van der Waals surface area contributed by atoms with Crippen molar-refractivity contribution in [3.63, 3.8) is 0 Å². The van der Waals surface area contributed by atoms with Crippen molar-refractivity contribution in [3.05, 3.63) is 82.5 Å². The molecule has 1 heterocycles. The predicted molar refractivity (Wildman–Crippen MR) is 86.9 cm³/mol. The molecule has 0 radical (unpaired) electrons. The zero-order chi connectivity index (χ0) is 14.7. The van der Waals surface area contributed by atoms with Crippen LogP contribution in [0.25, 0.3) is 10.4 Å². The van der Waals surface area contributed by atoms with E-state index >= 15 is 0 Å². The molecule has 0 bridgehead atoms. The minimum Gasteiger partial charge on any atom is -0.326 e. The molecule has 0 aliphatic rings. The lowest BCUT2D eigenvalue weighted by Gasteiger charge is -2.05. The van der Waals surface area contributed by atoms with Crippen LogP contribution in [-0.4, -0.2) is 0 Å². The van der Waals surface area contributed by atoms with Gasteiger partial charge in [0.1, 0.15) is 5.82 Å². The van der Waals surface area contributed by atoms with Crippen LogP contribution in [-0.2, 0) is 13.0 Å². The van der Waals surface area contributed by atoms with Gasteiger partial charge in [-0.15, -0.1) is 11.3 Å². The Hall–Kier alpha value is -1.97. The molecule has 0 aliphatic carbocycles. The summed E-state index contributed by atoms with van der Waals surface area (Å²) < 4.78 is 13.0. The van der Waals surface area contributed by atoms with Gasteiger partial charge < -0.3 is 5.73 Å². The second-order valence-corrected chi connectivity index (χ2v) is 6.09. The Morgan fingerprint density at radius 2 is 1.57 bits per heavy atom. The first-order valence-corrected chi connectivity index (χ1v) is 7.69. The standard InChI is InChI=1S/C18H16FNS/c19-16-7-5-13(6-8-16)18-10-9-17(21-18)11-14-3-1-2-4-15(14)12-20/h1-10H,11-12,20H2. The second kappa shape index (κ2) is 6.20. The summed E-state index contributed by atoms with van der Waals surface area (Å²) in [4.78, 5) is 2.45. The highest BCUT2D eigenvalue weighted by atomic mass is 32.1. The van der Waals surface area contributed by atoms with Gasteiger partial charge in [0.2, 0.25) is 0 Å². The van der Waals surface area contributed by atoms with Crippen molar-refractivity contribution in [2.24, 2.45) is 5.73 Å². The van der Waals surface area contributed by atoms with Crippen LogP contribution in [0.3, 0.4) is 0 Å². The molecule has 0 aliphatic heterocycles. The maximum absolute atomic E-state index is 13.0. The molecule has 3 aromatic rings. The predicted octanol–water partition coefficient (Wildman–Crippen LogP) is 4.60. The summed E-state index contributed by atoms with van der Waals surface area (Å²) >= 11 is 1.74. The fraction of sp³-hybridized carbons (Fsp3) is 0.111. The van der Waals surface area contributed by atoms with Crippen LogP contribution in [0, 0.1) is 5.82 Å². The van der Waals surface area contributed by atoms with Crippen LogP contribution in [0.4, 0.5) is 4.39 Å². The zero-order valence-corrected chi connectivity index (χ0v) is 12.4. The summed E-state index contributed by atoms with van der Waals surface area (Å²) in [5, 5.41) is 0. The fourth-order valence-corrected chi connectivity index (χ4v) is 3.40. The van der Waals surface area contributed by atoms with Crippen molar-refractivity contribution in [1.29, 1.82) is 0 Å².